The quantitative estimate of drug-likeness (QED) is 0.435. The number of aromatic amines is 1. The van der Waals surface area contributed by atoms with Crippen LogP contribution in [-0.2, 0) is 9.53 Å². The second kappa shape index (κ2) is 10.6. The summed E-state index contributed by atoms with van der Waals surface area (Å²) in [5, 5.41) is 3.03. The van der Waals surface area contributed by atoms with E-state index in [0.29, 0.717) is 64.8 Å². The largest absolute Gasteiger partial charge is 0.493 e. The molecule has 0 unspecified atom stereocenters. The van der Waals surface area contributed by atoms with E-state index in [9.17, 15) is 18.4 Å². The second-order valence-electron chi connectivity index (χ2n) is 10.1. The number of alkyl halides is 2. The van der Waals surface area contributed by atoms with E-state index < -0.39 is 6.43 Å². The number of hydrogen-bond acceptors (Lipinski definition) is 6. The molecule has 0 bridgehead atoms. The van der Waals surface area contributed by atoms with Crippen LogP contribution in [0.15, 0.2) is 24.5 Å². The van der Waals surface area contributed by atoms with Crippen molar-refractivity contribution in [3.05, 3.63) is 41.3 Å². The number of nitrogens with one attached hydrogen (secondary N) is 2. The maximum Gasteiger partial charge on any atom is 0.263 e. The Morgan fingerprint density at radius 1 is 1.26 bits per heavy atom. The van der Waals surface area contributed by atoms with Crippen molar-refractivity contribution in [2.75, 3.05) is 26.9 Å². The smallest absolute Gasteiger partial charge is 0.263 e. The predicted molar refractivity (Wildman–Crippen MR) is 136 cm³/mol. The molecule has 38 heavy (non-hydrogen) atoms. The maximum absolute atomic E-state index is 13.6. The Hall–Kier alpha value is -3.60. The van der Waals surface area contributed by atoms with Crippen molar-refractivity contribution in [1.82, 2.24) is 25.2 Å². The Morgan fingerprint density at radius 2 is 2.05 bits per heavy atom. The van der Waals surface area contributed by atoms with Gasteiger partial charge in [-0.1, -0.05) is 0 Å². The number of likely N-dealkylation sites (tertiary alicyclic amines) is 1. The van der Waals surface area contributed by atoms with E-state index in [4.69, 9.17) is 9.47 Å². The monoisotopic (exact) mass is 527 g/mol. The van der Waals surface area contributed by atoms with Gasteiger partial charge in [-0.3, -0.25) is 9.59 Å². The molecular formula is C27H31F2N5O4. The minimum atomic E-state index is -2.65. The van der Waals surface area contributed by atoms with Gasteiger partial charge in [0.15, 0.2) is 0 Å². The average Bonchev–Trinajstić information content (AvgIpc) is 3.55. The molecule has 2 N–H and O–H groups in total. The highest BCUT2D eigenvalue weighted by Gasteiger charge is 2.34. The van der Waals surface area contributed by atoms with E-state index in [0.717, 1.165) is 12.8 Å². The fourth-order valence-corrected chi connectivity index (χ4v) is 5.04. The first-order valence-electron chi connectivity index (χ1n) is 12.7. The molecule has 2 amide bonds. The number of halogens is 2. The molecule has 202 valence electrons. The third-order valence-corrected chi connectivity index (χ3v) is 7.18. The van der Waals surface area contributed by atoms with E-state index in [-0.39, 0.29) is 36.1 Å². The van der Waals surface area contributed by atoms with Crippen LogP contribution in [0, 0.1) is 12.8 Å². The molecule has 2 aliphatic rings. The number of H-pyrrole nitrogens is 1. The number of ether oxygens (including phenoxy) is 2. The van der Waals surface area contributed by atoms with Gasteiger partial charge in [0.1, 0.15) is 29.9 Å². The summed E-state index contributed by atoms with van der Waals surface area (Å²) < 4.78 is 38.1. The van der Waals surface area contributed by atoms with Gasteiger partial charge in [0.05, 0.1) is 17.7 Å². The number of amides is 2. The van der Waals surface area contributed by atoms with Crippen molar-refractivity contribution in [3.8, 4) is 17.0 Å². The minimum Gasteiger partial charge on any atom is -0.493 e. The highest BCUT2D eigenvalue weighted by Crippen LogP contribution is 2.38. The zero-order valence-electron chi connectivity index (χ0n) is 21.6. The maximum atomic E-state index is 13.6. The summed E-state index contributed by atoms with van der Waals surface area (Å²) in [5.74, 6) is 0.483. The molecular weight excluding hydrogens is 496 g/mol. The third-order valence-electron chi connectivity index (χ3n) is 7.18. The number of hydrogen-bond donors (Lipinski definition) is 2. The number of carbonyl (C=O) groups is 2. The molecule has 2 atom stereocenters. The summed E-state index contributed by atoms with van der Waals surface area (Å²) in [4.78, 5) is 39.4. The molecule has 1 aliphatic heterocycles. The highest BCUT2D eigenvalue weighted by atomic mass is 19.3. The van der Waals surface area contributed by atoms with Crippen LogP contribution in [0.4, 0.5) is 8.78 Å². The van der Waals surface area contributed by atoms with E-state index in [1.54, 1.807) is 17.9 Å². The fraction of sp³-hybridized carbons (Fsp3) is 0.481. The molecule has 0 spiro atoms. The van der Waals surface area contributed by atoms with Crippen LogP contribution in [0.5, 0.6) is 5.75 Å². The van der Waals surface area contributed by atoms with Crippen LogP contribution in [-0.4, -0.2) is 70.6 Å². The molecule has 3 aromatic rings. The molecule has 9 nitrogen and oxygen atoms in total. The van der Waals surface area contributed by atoms with Gasteiger partial charge >= 0.3 is 0 Å². The normalized spacial score (nSPS) is 19.4. The Morgan fingerprint density at radius 3 is 2.76 bits per heavy atom. The lowest BCUT2D eigenvalue weighted by Crippen LogP contribution is -2.40. The molecule has 5 rings (SSSR count). The first-order valence-corrected chi connectivity index (χ1v) is 12.7. The van der Waals surface area contributed by atoms with Crippen molar-refractivity contribution < 1.29 is 27.8 Å². The van der Waals surface area contributed by atoms with E-state index in [1.807, 2.05) is 6.92 Å². The summed E-state index contributed by atoms with van der Waals surface area (Å²) in [6.45, 7) is 4.58. The van der Waals surface area contributed by atoms with Crippen molar-refractivity contribution in [3.63, 3.8) is 0 Å². The summed E-state index contributed by atoms with van der Waals surface area (Å²) in [7, 11) is 1.47. The number of aryl methyl sites for hydroxylation is 1. The number of carbonyl (C=O) groups excluding carboxylic acids is 2. The van der Waals surface area contributed by atoms with Gasteiger partial charge in [-0.25, -0.2) is 18.7 Å². The number of rotatable bonds is 9. The topological polar surface area (TPSA) is 109 Å². The second-order valence-corrected chi connectivity index (χ2v) is 10.1. The van der Waals surface area contributed by atoms with Crippen LogP contribution >= 0.6 is 0 Å². The van der Waals surface area contributed by atoms with Crippen molar-refractivity contribution in [1.29, 1.82) is 0 Å². The number of methoxy groups -OCH3 is 1. The lowest BCUT2D eigenvalue weighted by Gasteiger charge is -2.20. The van der Waals surface area contributed by atoms with Crippen LogP contribution in [0.1, 0.15) is 54.2 Å². The lowest BCUT2D eigenvalue weighted by molar-refractivity contribution is -0.135. The first-order chi connectivity index (χ1) is 18.3. The van der Waals surface area contributed by atoms with Gasteiger partial charge in [0.2, 0.25) is 5.91 Å². The van der Waals surface area contributed by atoms with Gasteiger partial charge in [0, 0.05) is 42.6 Å². The fourth-order valence-electron chi connectivity index (χ4n) is 5.04. The summed E-state index contributed by atoms with van der Waals surface area (Å²) in [6, 6.07) is 4.03. The Labute approximate surface area is 218 Å². The van der Waals surface area contributed by atoms with Gasteiger partial charge in [-0.15, -0.1) is 0 Å². The molecule has 1 saturated carbocycles. The first kappa shape index (κ1) is 26.0. The Balaban J connectivity index is 1.45. The molecule has 2 aromatic heterocycles. The van der Waals surface area contributed by atoms with E-state index >= 15 is 0 Å². The van der Waals surface area contributed by atoms with Crippen LogP contribution in [0.25, 0.3) is 22.3 Å². The number of nitrogens with zero attached hydrogens (tertiary/aromatic N) is 3. The molecule has 0 radical (unpaired) electrons. The van der Waals surface area contributed by atoms with Gasteiger partial charge in [-0.05, 0) is 57.2 Å². The standard InChI is InChI=1S/C27H31F2N5O4/c1-14-8-18(10-34(14)21(35)12-37-3)33-27(36)22-15(2)32-25-23(30-13-31-24(22)25)19-9-17(26(28)29)6-7-20(19)38-11-16-4-5-16/h6-7,9,13-14,16,18,26,32H,4-5,8,10-12H2,1-3H3,(H,33,36)/t14-,18+/m1/s1. The molecule has 3 heterocycles. The van der Waals surface area contributed by atoms with Gasteiger partial charge in [-0.2, -0.15) is 0 Å². The SMILES string of the molecule is COCC(=O)N1C[C@@H](NC(=O)c2c(C)[nH]c3c(-c4cc(C(F)F)ccc4OCC4CC4)ncnc23)C[C@H]1C. The van der Waals surface area contributed by atoms with Crippen molar-refractivity contribution >= 4 is 22.8 Å². The molecule has 1 saturated heterocycles. The van der Waals surface area contributed by atoms with Crippen molar-refractivity contribution in [2.45, 2.75) is 51.6 Å². The zero-order valence-corrected chi connectivity index (χ0v) is 21.6. The number of aromatic nitrogens is 3. The average molecular weight is 528 g/mol. The Bertz CT molecular complexity index is 1360. The number of fused-ring (bicyclic) bond motifs is 1. The number of benzene rings is 1. The summed E-state index contributed by atoms with van der Waals surface area (Å²) in [6.07, 6.45) is 1.47. The minimum absolute atomic E-state index is 0.00855. The van der Waals surface area contributed by atoms with Crippen LogP contribution in [0.3, 0.4) is 0 Å². The molecule has 11 heteroatoms. The lowest BCUT2D eigenvalue weighted by atomic mass is 10.0. The highest BCUT2D eigenvalue weighted by molar-refractivity contribution is 6.09. The van der Waals surface area contributed by atoms with Crippen LogP contribution in [0.2, 0.25) is 0 Å². The van der Waals surface area contributed by atoms with Crippen molar-refractivity contribution in [2.24, 2.45) is 5.92 Å². The molecule has 1 aliphatic carbocycles. The summed E-state index contributed by atoms with van der Waals surface area (Å²) >= 11 is 0. The van der Waals surface area contributed by atoms with E-state index in [2.05, 4.69) is 20.3 Å². The zero-order chi connectivity index (χ0) is 27.0. The van der Waals surface area contributed by atoms with Crippen LogP contribution < -0.4 is 10.1 Å². The predicted octanol–water partition coefficient (Wildman–Crippen LogP) is 4.03. The van der Waals surface area contributed by atoms with Gasteiger partial charge in [0.25, 0.3) is 12.3 Å². The third kappa shape index (κ3) is 5.20. The van der Waals surface area contributed by atoms with Gasteiger partial charge < -0.3 is 24.7 Å². The molecule has 1 aromatic carbocycles. The van der Waals surface area contributed by atoms with E-state index in [1.165, 1.54) is 25.6 Å². The Kier molecular flexibility index (Phi) is 7.29. The summed E-state index contributed by atoms with van der Waals surface area (Å²) in [5.41, 5.74) is 2.44. The molecule has 2 fully saturated rings.